The van der Waals surface area contributed by atoms with Crippen molar-refractivity contribution in [2.24, 2.45) is 0 Å². The van der Waals surface area contributed by atoms with Crippen molar-refractivity contribution >= 4 is 29.9 Å². The first-order valence-electron chi connectivity index (χ1n) is 5.34. The summed E-state index contributed by atoms with van der Waals surface area (Å²) in [6.07, 6.45) is 0.607. The number of hydrogen-bond donors (Lipinski definition) is 2. The van der Waals surface area contributed by atoms with Gasteiger partial charge in [-0.2, -0.15) is 0 Å². The quantitative estimate of drug-likeness (QED) is 0.831. The average molecular weight is 284 g/mol. The number of nitrogens with zero attached hydrogens (tertiary/aromatic N) is 2. The standard InChI is InChI=1S/C12H11ClFN3S/c1-2-7-10(15)12(18)17-16-11(7)8-5-6(13)3-4-9(8)14/h3-5H,2H2,1H3,(H2,15,16)(H,17,18). The maximum absolute atomic E-state index is 13.8. The molecule has 1 aromatic heterocycles. The molecule has 3 nitrogen and oxygen atoms in total. The summed E-state index contributed by atoms with van der Waals surface area (Å²) in [5.74, 6) is -0.408. The minimum Gasteiger partial charge on any atom is -0.396 e. The maximum atomic E-state index is 13.8. The lowest BCUT2D eigenvalue weighted by Gasteiger charge is -2.11. The molecule has 2 N–H and O–H groups in total. The monoisotopic (exact) mass is 283 g/mol. The van der Waals surface area contributed by atoms with E-state index in [1.165, 1.54) is 18.2 Å². The first-order chi connectivity index (χ1) is 8.54. The molecule has 0 radical (unpaired) electrons. The van der Waals surface area contributed by atoms with Crippen molar-refractivity contribution in [3.63, 3.8) is 0 Å². The van der Waals surface area contributed by atoms with Gasteiger partial charge in [-0.05, 0) is 24.6 Å². The number of rotatable bonds is 2. The largest absolute Gasteiger partial charge is 0.396 e. The number of nitrogen functional groups attached to an aromatic ring is 1. The fraction of sp³-hybridized carbons (Fsp3) is 0.167. The molecule has 0 aliphatic carbocycles. The van der Waals surface area contributed by atoms with E-state index in [1.54, 1.807) is 0 Å². The Morgan fingerprint density at radius 1 is 1.39 bits per heavy atom. The summed E-state index contributed by atoms with van der Waals surface area (Å²) < 4.78 is 13.8. The fourth-order valence-corrected chi connectivity index (χ4v) is 2.08. The van der Waals surface area contributed by atoms with Gasteiger partial charge in [0.2, 0.25) is 0 Å². The van der Waals surface area contributed by atoms with Crippen LogP contribution in [0.2, 0.25) is 5.02 Å². The van der Waals surface area contributed by atoms with Crippen LogP contribution in [0.15, 0.2) is 23.2 Å². The highest BCUT2D eigenvalue weighted by atomic mass is 35.5. The van der Waals surface area contributed by atoms with E-state index in [0.717, 1.165) is 5.56 Å². The van der Waals surface area contributed by atoms with Crippen LogP contribution in [0.1, 0.15) is 12.5 Å². The van der Waals surface area contributed by atoms with Crippen molar-refractivity contribution in [1.29, 1.82) is 0 Å². The highest BCUT2D eigenvalue weighted by Gasteiger charge is 2.16. The third kappa shape index (κ3) is 2.28. The van der Waals surface area contributed by atoms with E-state index in [4.69, 9.17) is 17.3 Å². The molecule has 0 aliphatic rings. The molecule has 2 rings (SSSR count). The number of anilines is 1. The summed E-state index contributed by atoms with van der Waals surface area (Å²) >= 11 is 9.98. The number of hydrogen-bond acceptors (Lipinski definition) is 4. The number of nitrogens with two attached hydrogens (primary N) is 1. The van der Waals surface area contributed by atoms with Crippen molar-refractivity contribution in [3.05, 3.63) is 34.6 Å². The molecule has 2 aromatic rings. The van der Waals surface area contributed by atoms with Crippen LogP contribution in [-0.4, -0.2) is 10.2 Å². The third-order valence-corrected chi connectivity index (χ3v) is 3.20. The van der Waals surface area contributed by atoms with Crippen LogP contribution in [-0.2, 0) is 6.42 Å². The molecule has 0 saturated carbocycles. The van der Waals surface area contributed by atoms with Gasteiger partial charge in [-0.3, -0.25) is 0 Å². The molecule has 6 heteroatoms. The molecule has 0 aliphatic heterocycles. The van der Waals surface area contributed by atoms with E-state index < -0.39 is 5.82 Å². The van der Waals surface area contributed by atoms with Crippen LogP contribution in [0.25, 0.3) is 11.3 Å². The Kier molecular flexibility index (Phi) is 3.73. The van der Waals surface area contributed by atoms with Gasteiger partial charge in [0.15, 0.2) is 0 Å². The molecule has 94 valence electrons. The topological polar surface area (TPSA) is 51.8 Å². The molecular weight excluding hydrogens is 273 g/mol. The van der Waals surface area contributed by atoms with Gasteiger partial charge < -0.3 is 5.73 Å². The van der Waals surface area contributed by atoms with E-state index in [2.05, 4.69) is 22.8 Å². The van der Waals surface area contributed by atoms with E-state index in [-0.39, 0.29) is 0 Å². The van der Waals surface area contributed by atoms with E-state index >= 15 is 0 Å². The zero-order valence-corrected chi connectivity index (χ0v) is 11.3. The van der Waals surface area contributed by atoms with Crippen LogP contribution in [0.5, 0.6) is 0 Å². The second kappa shape index (κ2) is 5.12. The summed E-state index contributed by atoms with van der Waals surface area (Å²) in [6.45, 7) is 1.91. The van der Waals surface area contributed by atoms with Gasteiger partial charge in [-0.1, -0.05) is 18.5 Å². The van der Waals surface area contributed by atoms with Crippen LogP contribution >= 0.6 is 24.2 Å². The predicted octanol–water partition coefficient (Wildman–Crippen LogP) is 3.37. The zero-order chi connectivity index (χ0) is 13.3. The van der Waals surface area contributed by atoms with Crippen molar-refractivity contribution in [1.82, 2.24) is 10.2 Å². The summed E-state index contributed by atoms with van der Waals surface area (Å²) in [5, 5.41) is 8.57. The maximum Gasteiger partial charge on any atom is 0.139 e. The summed E-state index contributed by atoms with van der Waals surface area (Å²) in [7, 11) is 0. The van der Waals surface area contributed by atoms with Crippen LogP contribution in [0.4, 0.5) is 10.1 Å². The van der Waals surface area contributed by atoms with E-state index in [9.17, 15) is 4.39 Å². The van der Waals surface area contributed by atoms with Crippen molar-refractivity contribution in [3.8, 4) is 11.3 Å². The van der Waals surface area contributed by atoms with Gasteiger partial charge in [-0.25, -0.2) is 4.39 Å². The van der Waals surface area contributed by atoms with Crippen molar-refractivity contribution in [2.45, 2.75) is 18.4 Å². The Morgan fingerprint density at radius 2 is 2.11 bits per heavy atom. The van der Waals surface area contributed by atoms with Crippen LogP contribution in [0.3, 0.4) is 0 Å². The lowest BCUT2D eigenvalue weighted by molar-refractivity contribution is 0.630. The first kappa shape index (κ1) is 13.1. The zero-order valence-electron chi connectivity index (χ0n) is 9.61. The van der Waals surface area contributed by atoms with Crippen molar-refractivity contribution in [2.75, 3.05) is 5.73 Å². The van der Waals surface area contributed by atoms with Gasteiger partial charge in [0.25, 0.3) is 0 Å². The SMILES string of the molecule is CCc1c(-c2cc(Cl)ccc2F)nnc(S)c1N. The summed E-state index contributed by atoms with van der Waals surface area (Å²) in [6, 6.07) is 4.29. The van der Waals surface area contributed by atoms with Gasteiger partial charge in [0, 0.05) is 16.1 Å². The van der Waals surface area contributed by atoms with Crippen molar-refractivity contribution < 1.29 is 4.39 Å². The molecule has 0 atom stereocenters. The smallest absolute Gasteiger partial charge is 0.139 e. The molecule has 18 heavy (non-hydrogen) atoms. The average Bonchev–Trinajstić information content (AvgIpc) is 2.35. The molecule has 1 heterocycles. The molecule has 0 fully saturated rings. The first-order valence-corrected chi connectivity index (χ1v) is 6.16. The summed E-state index contributed by atoms with van der Waals surface area (Å²) in [4.78, 5) is 0. The molecule has 0 spiro atoms. The van der Waals surface area contributed by atoms with Gasteiger partial charge >= 0.3 is 0 Å². The molecule has 1 aromatic carbocycles. The molecular formula is C12H11ClFN3S. The second-order valence-corrected chi connectivity index (χ2v) is 4.60. The molecule has 0 bridgehead atoms. The van der Waals surface area contributed by atoms with Crippen LogP contribution < -0.4 is 5.73 Å². The van der Waals surface area contributed by atoms with Gasteiger partial charge in [-0.15, -0.1) is 22.8 Å². The second-order valence-electron chi connectivity index (χ2n) is 3.74. The normalized spacial score (nSPS) is 10.7. The van der Waals surface area contributed by atoms with Crippen LogP contribution in [0, 0.1) is 5.82 Å². The number of halogens is 2. The lowest BCUT2D eigenvalue weighted by Crippen LogP contribution is -2.04. The van der Waals surface area contributed by atoms with E-state index in [0.29, 0.717) is 33.4 Å². The molecule has 0 saturated heterocycles. The Hall–Kier alpha value is -1.33. The number of thiol groups is 1. The minimum absolute atomic E-state index is 0.298. The van der Waals surface area contributed by atoms with E-state index in [1.807, 2.05) is 6.92 Å². The fourth-order valence-electron chi connectivity index (χ4n) is 1.73. The highest BCUT2D eigenvalue weighted by molar-refractivity contribution is 7.80. The minimum atomic E-state index is -0.408. The Balaban J connectivity index is 2.71. The Labute approximate surface area is 115 Å². The third-order valence-electron chi connectivity index (χ3n) is 2.63. The lowest BCUT2D eigenvalue weighted by atomic mass is 10.0. The Morgan fingerprint density at radius 3 is 2.78 bits per heavy atom. The highest BCUT2D eigenvalue weighted by Crippen LogP contribution is 2.31. The van der Waals surface area contributed by atoms with Gasteiger partial charge in [0.1, 0.15) is 16.5 Å². The Bertz CT molecular complexity index is 604. The number of aromatic nitrogens is 2. The number of benzene rings is 1. The van der Waals surface area contributed by atoms with Gasteiger partial charge in [0.05, 0.1) is 5.69 Å². The predicted molar refractivity (Wildman–Crippen MR) is 73.5 cm³/mol. The molecule has 0 amide bonds. The summed E-state index contributed by atoms with van der Waals surface area (Å²) in [5.41, 5.74) is 7.73. The molecule has 0 unspecified atom stereocenters.